The van der Waals surface area contributed by atoms with Crippen molar-refractivity contribution in [2.24, 2.45) is 5.73 Å². The molecule has 108 valence electrons. The highest BCUT2D eigenvalue weighted by atomic mass is 32.1. The standard InChI is InChI=1S/C16H22N2OS/c1-16(2,11-17)15-18-14(10-20-15)13-6-4-12(5-7-13)8-9-19-3/h4-7,10H,8-9,11,17H2,1-3H3. The number of rotatable bonds is 6. The molecule has 1 aromatic heterocycles. The first-order valence-electron chi connectivity index (χ1n) is 6.81. The van der Waals surface area contributed by atoms with Crippen molar-refractivity contribution in [3.8, 4) is 11.3 Å². The van der Waals surface area contributed by atoms with Crippen LogP contribution in [0.25, 0.3) is 11.3 Å². The first kappa shape index (κ1) is 15.2. The molecule has 0 spiro atoms. The normalized spacial score (nSPS) is 11.8. The van der Waals surface area contributed by atoms with E-state index in [0.717, 1.165) is 29.3 Å². The van der Waals surface area contributed by atoms with Crippen molar-refractivity contribution in [1.29, 1.82) is 0 Å². The molecule has 0 fully saturated rings. The zero-order valence-electron chi connectivity index (χ0n) is 12.3. The second-order valence-corrected chi connectivity index (χ2v) is 6.42. The summed E-state index contributed by atoms with van der Waals surface area (Å²) < 4.78 is 5.09. The zero-order chi connectivity index (χ0) is 14.6. The number of aromatic nitrogens is 1. The molecule has 20 heavy (non-hydrogen) atoms. The molecule has 2 N–H and O–H groups in total. The van der Waals surface area contributed by atoms with Gasteiger partial charge >= 0.3 is 0 Å². The van der Waals surface area contributed by atoms with Gasteiger partial charge in [0.15, 0.2) is 0 Å². The van der Waals surface area contributed by atoms with Crippen molar-refractivity contribution in [2.45, 2.75) is 25.7 Å². The number of thiazole rings is 1. The molecular formula is C16H22N2OS. The van der Waals surface area contributed by atoms with Crippen LogP contribution in [0.2, 0.25) is 0 Å². The van der Waals surface area contributed by atoms with E-state index in [1.165, 1.54) is 5.56 Å². The number of methoxy groups -OCH3 is 1. The summed E-state index contributed by atoms with van der Waals surface area (Å²) in [5.41, 5.74) is 9.23. The molecule has 0 saturated carbocycles. The van der Waals surface area contributed by atoms with E-state index in [0.29, 0.717) is 6.54 Å². The molecule has 1 aromatic carbocycles. The summed E-state index contributed by atoms with van der Waals surface area (Å²) in [6.07, 6.45) is 0.944. The molecule has 0 aliphatic heterocycles. The molecule has 0 aliphatic rings. The van der Waals surface area contributed by atoms with E-state index in [9.17, 15) is 0 Å². The summed E-state index contributed by atoms with van der Waals surface area (Å²) in [7, 11) is 1.73. The molecule has 0 radical (unpaired) electrons. The molecule has 0 saturated heterocycles. The van der Waals surface area contributed by atoms with E-state index in [-0.39, 0.29) is 5.41 Å². The zero-order valence-corrected chi connectivity index (χ0v) is 13.2. The molecule has 2 aromatic rings. The van der Waals surface area contributed by atoms with Gasteiger partial charge in [0.1, 0.15) is 5.01 Å². The fraction of sp³-hybridized carbons (Fsp3) is 0.438. The Hall–Kier alpha value is -1.23. The Kier molecular flexibility index (Phi) is 4.91. The molecule has 1 heterocycles. The Balaban J connectivity index is 2.16. The van der Waals surface area contributed by atoms with Gasteiger partial charge in [-0.1, -0.05) is 38.1 Å². The molecule has 0 aliphatic carbocycles. The Morgan fingerprint density at radius 2 is 1.95 bits per heavy atom. The van der Waals surface area contributed by atoms with Gasteiger partial charge in [0.05, 0.1) is 12.3 Å². The number of benzene rings is 1. The van der Waals surface area contributed by atoms with Crippen LogP contribution in [0.4, 0.5) is 0 Å². The maximum Gasteiger partial charge on any atom is 0.100 e. The van der Waals surface area contributed by atoms with Crippen LogP contribution < -0.4 is 5.73 Å². The fourth-order valence-electron chi connectivity index (χ4n) is 1.87. The van der Waals surface area contributed by atoms with Crippen LogP contribution in [0.15, 0.2) is 29.6 Å². The third-order valence-corrected chi connectivity index (χ3v) is 4.65. The molecule has 0 amide bonds. The minimum Gasteiger partial charge on any atom is -0.384 e. The van der Waals surface area contributed by atoms with Crippen molar-refractivity contribution < 1.29 is 4.74 Å². The summed E-state index contributed by atoms with van der Waals surface area (Å²) >= 11 is 1.68. The Morgan fingerprint density at radius 3 is 2.55 bits per heavy atom. The number of hydrogen-bond acceptors (Lipinski definition) is 4. The van der Waals surface area contributed by atoms with Gasteiger partial charge in [-0.25, -0.2) is 4.98 Å². The van der Waals surface area contributed by atoms with E-state index < -0.39 is 0 Å². The smallest absolute Gasteiger partial charge is 0.100 e. The Bertz CT molecular complexity index is 546. The molecule has 0 atom stereocenters. The predicted molar refractivity (Wildman–Crippen MR) is 85.2 cm³/mol. The monoisotopic (exact) mass is 290 g/mol. The molecule has 2 rings (SSSR count). The van der Waals surface area contributed by atoms with Crippen LogP contribution in [-0.4, -0.2) is 25.2 Å². The average molecular weight is 290 g/mol. The van der Waals surface area contributed by atoms with Gasteiger partial charge in [0.2, 0.25) is 0 Å². The minimum atomic E-state index is -0.0542. The van der Waals surface area contributed by atoms with Crippen LogP contribution in [0.5, 0.6) is 0 Å². The summed E-state index contributed by atoms with van der Waals surface area (Å²) in [4.78, 5) is 4.73. The van der Waals surface area contributed by atoms with Crippen LogP contribution in [0, 0.1) is 0 Å². The minimum absolute atomic E-state index is 0.0542. The van der Waals surface area contributed by atoms with Gasteiger partial charge < -0.3 is 10.5 Å². The number of ether oxygens (including phenoxy) is 1. The second-order valence-electron chi connectivity index (χ2n) is 5.57. The van der Waals surface area contributed by atoms with Crippen molar-refractivity contribution in [2.75, 3.05) is 20.3 Å². The number of nitrogens with two attached hydrogens (primary N) is 1. The van der Waals surface area contributed by atoms with E-state index >= 15 is 0 Å². The van der Waals surface area contributed by atoms with E-state index in [4.69, 9.17) is 15.5 Å². The van der Waals surface area contributed by atoms with Crippen molar-refractivity contribution in [3.05, 3.63) is 40.2 Å². The lowest BCUT2D eigenvalue weighted by Gasteiger charge is -2.18. The van der Waals surface area contributed by atoms with E-state index in [2.05, 4.69) is 43.5 Å². The molecule has 0 bridgehead atoms. The Labute approximate surface area is 124 Å². The molecular weight excluding hydrogens is 268 g/mol. The van der Waals surface area contributed by atoms with Crippen LogP contribution in [0.3, 0.4) is 0 Å². The van der Waals surface area contributed by atoms with Crippen LogP contribution >= 0.6 is 11.3 Å². The van der Waals surface area contributed by atoms with E-state index in [1.807, 2.05) is 0 Å². The first-order valence-corrected chi connectivity index (χ1v) is 7.69. The molecule has 3 nitrogen and oxygen atoms in total. The van der Waals surface area contributed by atoms with Gasteiger partial charge in [-0.2, -0.15) is 0 Å². The summed E-state index contributed by atoms with van der Waals surface area (Å²) in [6.45, 7) is 5.62. The SMILES string of the molecule is COCCc1ccc(-c2csc(C(C)(C)CN)n2)cc1. The highest BCUT2D eigenvalue weighted by Crippen LogP contribution is 2.29. The van der Waals surface area contributed by atoms with Crippen LogP contribution in [0.1, 0.15) is 24.4 Å². The van der Waals surface area contributed by atoms with Crippen LogP contribution in [-0.2, 0) is 16.6 Å². The van der Waals surface area contributed by atoms with Gasteiger partial charge in [0.25, 0.3) is 0 Å². The maximum absolute atomic E-state index is 5.81. The number of nitrogens with zero attached hydrogens (tertiary/aromatic N) is 1. The summed E-state index contributed by atoms with van der Waals surface area (Å²) in [6, 6.07) is 8.53. The second kappa shape index (κ2) is 6.48. The lowest BCUT2D eigenvalue weighted by molar-refractivity contribution is 0.202. The third-order valence-electron chi connectivity index (χ3n) is 3.44. The van der Waals surface area contributed by atoms with Gasteiger partial charge in [0, 0.05) is 30.0 Å². The lowest BCUT2D eigenvalue weighted by Crippen LogP contribution is -2.27. The average Bonchev–Trinajstić information content (AvgIpc) is 2.96. The Morgan fingerprint density at radius 1 is 1.25 bits per heavy atom. The highest BCUT2D eigenvalue weighted by Gasteiger charge is 2.22. The quantitative estimate of drug-likeness (QED) is 0.888. The lowest BCUT2D eigenvalue weighted by atomic mass is 9.95. The van der Waals surface area contributed by atoms with Crippen molar-refractivity contribution >= 4 is 11.3 Å². The van der Waals surface area contributed by atoms with Gasteiger partial charge in [-0.15, -0.1) is 11.3 Å². The van der Waals surface area contributed by atoms with Crippen molar-refractivity contribution in [1.82, 2.24) is 4.98 Å². The molecule has 0 unspecified atom stereocenters. The van der Waals surface area contributed by atoms with Gasteiger partial charge in [-0.3, -0.25) is 0 Å². The van der Waals surface area contributed by atoms with E-state index in [1.54, 1.807) is 18.4 Å². The highest BCUT2D eigenvalue weighted by molar-refractivity contribution is 7.10. The third kappa shape index (κ3) is 3.45. The topological polar surface area (TPSA) is 48.1 Å². The van der Waals surface area contributed by atoms with Gasteiger partial charge in [-0.05, 0) is 12.0 Å². The predicted octanol–water partition coefficient (Wildman–Crippen LogP) is 3.24. The van der Waals surface area contributed by atoms with Crippen molar-refractivity contribution in [3.63, 3.8) is 0 Å². The molecule has 4 heteroatoms. The maximum atomic E-state index is 5.81. The first-order chi connectivity index (χ1) is 9.56. The largest absolute Gasteiger partial charge is 0.384 e. The number of hydrogen-bond donors (Lipinski definition) is 1. The summed E-state index contributed by atoms with van der Waals surface area (Å²) in [5, 5.41) is 3.20. The summed E-state index contributed by atoms with van der Waals surface area (Å²) in [5.74, 6) is 0. The fourth-order valence-corrected chi connectivity index (χ4v) is 2.83.